The van der Waals surface area contributed by atoms with Crippen molar-refractivity contribution in [3.8, 4) is 0 Å². The number of halogens is 2. The zero-order valence-corrected chi connectivity index (χ0v) is 11.8. The van der Waals surface area contributed by atoms with E-state index in [2.05, 4.69) is 22.9 Å². The predicted molar refractivity (Wildman–Crippen MR) is 72.2 cm³/mol. The average molecular weight is 304 g/mol. The fourth-order valence-electron chi connectivity index (χ4n) is 1.56. The highest BCUT2D eigenvalue weighted by atomic mass is 79.9. The normalized spacial score (nSPS) is 10.4. The van der Waals surface area contributed by atoms with Crippen LogP contribution in [0.15, 0.2) is 22.7 Å². The number of carbonyl (C=O) groups is 1. The highest BCUT2D eigenvalue weighted by molar-refractivity contribution is 9.10. The molecule has 0 unspecified atom stereocenters. The Hall–Kier alpha value is -0.340. The minimum Gasteiger partial charge on any atom is -0.294 e. The van der Waals surface area contributed by atoms with Crippen molar-refractivity contribution in [1.82, 2.24) is 0 Å². The van der Waals surface area contributed by atoms with Crippen molar-refractivity contribution in [2.24, 2.45) is 0 Å². The van der Waals surface area contributed by atoms with Gasteiger partial charge < -0.3 is 0 Å². The van der Waals surface area contributed by atoms with Gasteiger partial charge in [-0.1, -0.05) is 37.8 Å². The molecule has 0 fully saturated rings. The lowest BCUT2D eigenvalue weighted by atomic mass is 10.0. The molecule has 1 aromatic rings. The van der Waals surface area contributed by atoms with Gasteiger partial charge in [-0.15, -0.1) is 0 Å². The van der Waals surface area contributed by atoms with E-state index in [0.29, 0.717) is 11.4 Å². The van der Waals surface area contributed by atoms with E-state index in [1.165, 1.54) is 12.8 Å². The molecule has 16 heavy (non-hydrogen) atoms. The van der Waals surface area contributed by atoms with Crippen LogP contribution in [0.1, 0.15) is 49.4 Å². The first kappa shape index (κ1) is 13.7. The zero-order chi connectivity index (χ0) is 12.0. The molecule has 0 radical (unpaired) electrons. The van der Waals surface area contributed by atoms with Gasteiger partial charge in [-0.3, -0.25) is 4.79 Å². The molecule has 0 heterocycles. The summed E-state index contributed by atoms with van der Waals surface area (Å²) in [5.41, 5.74) is 0.737. The van der Waals surface area contributed by atoms with Gasteiger partial charge >= 0.3 is 0 Å². The molecule has 0 saturated carbocycles. The number of ketones is 1. The van der Waals surface area contributed by atoms with Crippen LogP contribution in [0, 0.1) is 0 Å². The van der Waals surface area contributed by atoms with Crippen LogP contribution in [0.25, 0.3) is 0 Å². The number of carbonyl (C=O) groups excluding carboxylic acids is 1. The van der Waals surface area contributed by atoms with Gasteiger partial charge in [-0.05, 0) is 40.5 Å². The Balaban J connectivity index is 2.53. The maximum absolute atomic E-state index is 11.9. The standard InChI is InChI=1S/C13H16BrClO/c1-2-3-4-5-6-13(16)11-8-7-10(15)9-12(11)14/h7-9H,2-6H2,1H3. The Morgan fingerprint density at radius 2 is 2.06 bits per heavy atom. The van der Waals surface area contributed by atoms with Crippen molar-refractivity contribution in [1.29, 1.82) is 0 Å². The highest BCUT2D eigenvalue weighted by Crippen LogP contribution is 2.23. The van der Waals surface area contributed by atoms with Crippen molar-refractivity contribution in [3.63, 3.8) is 0 Å². The zero-order valence-electron chi connectivity index (χ0n) is 9.43. The molecule has 1 rings (SSSR count). The molecule has 1 nitrogen and oxygen atoms in total. The molecule has 0 amide bonds. The van der Waals surface area contributed by atoms with Crippen LogP contribution in [0.5, 0.6) is 0 Å². The summed E-state index contributed by atoms with van der Waals surface area (Å²) in [6.45, 7) is 2.16. The summed E-state index contributed by atoms with van der Waals surface area (Å²) >= 11 is 9.19. The van der Waals surface area contributed by atoms with E-state index < -0.39 is 0 Å². The summed E-state index contributed by atoms with van der Waals surface area (Å²) in [4.78, 5) is 11.9. The summed E-state index contributed by atoms with van der Waals surface area (Å²) < 4.78 is 0.792. The minimum atomic E-state index is 0.194. The molecule has 88 valence electrons. The topological polar surface area (TPSA) is 17.1 Å². The summed E-state index contributed by atoms with van der Waals surface area (Å²) in [5.74, 6) is 0.194. The fraction of sp³-hybridized carbons (Fsp3) is 0.462. The van der Waals surface area contributed by atoms with Gasteiger partial charge in [0.05, 0.1) is 0 Å². The van der Waals surface area contributed by atoms with Gasteiger partial charge in [0.25, 0.3) is 0 Å². The Morgan fingerprint density at radius 3 is 2.69 bits per heavy atom. The third-order valence-electron chi connectivity index (χ3n) is 2.49. The Morgan fingerprint density at radius 1 is 1.31 bits per heavy atom. The number of Topliss-reactive ketones (excluding diaryl/α,β-unsaturated/α-hetero) is 1. The molecule has 0 bridgehead atoms. The third-order valence-corrected chi connectivity index (χ3v) is 3.38. The molecule has 0 aliphatic carbocycles. The second-order valence-corrected chi connectivity index (χ2v) is 5.15. The lowest BCUT2D eigenvalue weighted by molar-refractivity contribution is 0.0978. The van der Waals surface area contributed by atoms with Crippen molar-refractivity contribution in [2.45, 2.75) is 39.0 Å². The SMILES string of the molecule is CCCCCCC(=O)c1ccc(Cl)cc1Br. The summed E-state index contributed by atoms with van der Waals surface area (Å²) in [7, 11) is 0. The highest BCUT2D eigenvalue weighted by Gasteiger charge is 2.09. The van der Waals surface area contributed by atoms with Crippen LogP contribution in [-0.2, 0) is 0 Å². The minimum absolute atomic E-state index is 0.194. The second-order valence-electron chi connectivity index (χ2n) is 3.86. The van der Waals surface area contributed by atoms with Gasteiger partial charge in [0.15, 0.2) is 5.78 Å². The van der Waals surface area contributed by atoms with Crippen molar-refractivity contribution in [2.75, 3.05) is 0 Å². The molecule has 0 spiro atoms. The lowest BCUT2D eigenvalue weighted by Gasteiger charge is -2.04. The smallest absolute Gasteiger partial charge is 0.164 e. The van der Waals surface area contributed by atoms with Gasteiger partial charge in [0.1, 0.15) is 0 Å². The van der Waals surface area contributed by atoms with Crippen LogP contribution in [0.4, 0.5) is 0 Å². The molecule has 1 aromatic carbocycles. The predicted octanol–water partition coefficient (Wildman–Crippen LogP) is 5.26. The van der Waals surface area contributed by atoms with E-state index in [1.807, 2.05) is 0 Å². The van der Waals surface area contributed by atoms with Gasteiger partial charge in [-0.2, -0.15) is 0 Å². The molecule has 0 aliphatic rings. The van der Waals surface area contributed by atoms with Crippen molar-refractivity contribution < 1.29 is 4.79 Å². The molecular weight excluding hydrogens is 287 g/mol. The van der Waals surface area contributed by atoms with Gasteiger partial charge in [-0.25, -0.2) is 0 Å². The number of benzene rings is 1. The first-order valence-electron chi connectivity index (χ1n) is 5.63. The Labute approximate surface area is 110 Å². The third kappa shape index (κ3) is 4.26. The molecule has 0 saturated heterocycles. The molecule has 0 N–H and O–H groups in total. The first-order valence-corrected chi connectivity index (χ1v) is 6.80. The molecule has 0 atom stereocenters. The van der Waals surface area contributed by atoms with Crippen molar-refractivity contribution in [3.05, 3.63) is 33.3 Å². The largest absolute Gasteiger partial charge is 0.294 e. The Bertz CT molecular complexity index is 363. The second kappa shape index (κ2) is 7.08. The average Bonchev–Trinajstić information content (AvgIpc) is 2.24. The van der Waals surface area contributed by atoms with Crippen LogP contribution < -0.4 is 0 Å². The van der Waals surface area contributed by atoms with Crippen LogP contribution >= 0.6 is 27.5 Å². The number of unbranched alkanes of at least 4 members (excludes halogenated alkanes) is 3. The van der Waals surface area contributed by atoms with Gasteiger partial charge in [0.2, 0.25) is 0 Å². The van der Waals surface area contributed by atoms with Crippen molar-refractivity contribution >= 4 is 33.3 Å². The van der Waals surface area contributed by atoms with E-state index in [1.54, 1.807) is 18.2 Å². The first-order chi connectivity index (χ1) is 7.65. The van der Waals surface area contributed by atoms with E-state index in [9.17, 15) is 4.79 Å². The Kier molecular flexibility index (Phi) is 6.07. The van der Waals surface area contributed by atoms with Gasteiger partial charge in [0, 0.05) is 21.5 Å². The van der Waals surface area contributed by atoms with E-state index in [4.69, 9.17) is 11.6 Å². The number of hydrogen-bond acceptors (Lipinski definition) is 1. The molecule has 3 heteroatoms. The molecule has 0 aliphatic heterocycles. The van der Waals surface area contributed by atoms with E-state index >= 15 is 0 Å². The van der Waals surface area contributed by atoms with E-state index in [0.717, 1.165) is 22.9 Å². The lowest BCUT2D eigenvalue weighted by Crippen LogP contribution is -2.00. The molecular formula is C13H16BrClO. The van der Waals surface area contributed by atoms with E-state index in [-0.39, 0.29) is 5.78 Å². The summed E-state index contributed by atoms with van der Waals surface area (Å²) in [6.07, 6.45) is 5.13. The number of rotatable bonds is 6. The summed E-state index contributed by atoms with van der Waals surface area (Å²) in [6, 6.07) is 5.31. The number of hydrogen-bond donors (Lipinski definition) is 0. The monoisotopic (exact) mass is 302 g/mol. The quantitative estimate of drug-likeness (QED) is 0.518. The molecule has 0 aromatic heterocycles. The fourth-order valence-corrected chi connectivity index (χ4v) is 2.47. The maximum Gasteiger partial charge on any atom is 0.164 e. The van der Waals surface area contributed by atoms with Crippen LogP contribution in [-0.4, -0.2) is 5.78 Å². The maximum atomic E-state index is 11.9. The van der Waals surface area contributed by atoms with Crippen LogP contribution in [0.2, 0.25) is 5.02 Å². The van der Waals surface area contributed by atoms with Crippen LogP contribution in [0.3, 0.4) is 0 Å². The summed E-state index contributed by atoms with van der Waals surface area (Å²) in [5, 5.41) is 0.648.